The van der Waals surface area contributed by atoms with Crippen molar-refractivity contribution in [2.75, 3.05) is 20.3 Å². The van der Waals surface area contributed by atoms with Crippen LogP contribution in [0.5, 0.6) is 11.5 Å². The summed E-state index contributed by atoms with van der Waals surface area (Å²) in [4.78, 5) is 23.8. The Balaban J connectivity index is 1.94. The van der Waals surface area contributed by atoms with Crippen LogP contribution in [0.15, 0.2) is 42.5 Å². The van der Waals surface area contributed by atoms with Gasteiger partial charge in [-0.05, 0) is 41.8 Å². The lowest BCUT2D eigenvalue weighted by atomic mass is 10.2. The summed E-state index contributed by atoms with van der Waals surface area (Å²) < 4.78 is 16.1. The third-order valence-electron chi connectivity index (χ3n) is 3.75. The average molecular weight is 406 g/mol. The number of rotatable bonds is 9. The molecule has 0 radical (unpaired) electrons. The highest BCUT2D eigenvalue weighted by Gasteiger charge is 2.14. The van der Waals surface area contributed by atoms with Gasteiger partial charge >= 0.3 is 5.97 Å². The molecule has 2 aromatic rings. The van der Waals surface area contributed by atoms with Crippen LogP contribution in [-0.2, 0) is 16.1 Å². The van der Waals surface area contributed by atoms with E-state index in [0.717, 1.165) is 5.56 Å². The van der Waals surface area contributed by atoms with E-state index in [1.165, 1.54) is 13.2 Å². The molecular weight excluding hydrogens is 382 g/mol. The first-order chi connectivity index (χ1) is 13.4. The summed E-state index contributed by atoms with van der Waals surface area (Å²) in [7, 11) is 1.49. The molecule has 0 unspecified atom stereocenters. The van der Waals surface area contributed by atoms with Crippen LogP contribution in [0.1, 0.15) is 29.8 Å². The zero-order valence-electron chi connectivity index (χ0n) is 16.2. The van der Waals surface area contributed by atoms with Crippen molar-refractivity contribution >= 4 is 23.5 Å². The molecule has 0 aliphatic heterocycles. The monoisotopic (exact) mass is 405 g/mol. The van der Waals surface area contributed by atoms with Crippen molar-refractivity contribution < 1.29 is 23.8 Å². The molecule has 0 atom stereocenters. The van der Waals surface area contributed by atoms with Crippen LogP contribution in [0.25, 0.3) is 0 Å². The van der Waals surface area contributed by atoms with Gasteiger partial charge in [-0.25, -0.2) is 4.79 Å². The number of esters is 1. The molecule has 0 saturated heterocycles. The number of nitrogens with one attached hydrogen (secondary N) is 1. The second kappa shape index (κ2) is 10.6. The Bertz CT molecular complexity index is 805. The van der Waals surface area contributed by atoms with Crippen LogP contribution in [-0.4, -0.2) is 32.1 Å². The summed E-state index contributed by atoms with van der Waals surface area (Å²) in [5.74, 6) is 0.264. The number of amides is 1. The van der Waals surface area contributed by atoms with Crippen molar-refractivity contribution in [3.63, 3.8) is 0 Å². The van der Waals surface area contributed by atoms with Crippen molar-refractivity contribution in [3.8, 4) is 11.5 Å². The van der Waals surface area contributed by atoms with Gasteiger partial charge in [-0.1, -0.05) is 37.6 Å². The maximum absolute atomic E-state index is 12.2. The van der Waals surface area contributed by atoms with Gasteiger partial charge in [0.05, 0.1) is 12.7 Å². The first-order valence-corrected chi connectivity index (χ1v) is 9.26. The van der Waals surface area contributed by atoms with Gasteiger partial charge in [0.2, 0.25) is 0 Å². The summed E-state index contributed by atoms with van der Waals surface area (Å²) in [6.45, 7) is 4.49. The third kappa shape index (κ3) is 6.78. The minimum Gasteiger partial charge on any atom is -0.493 e. The molecule has 0 aliphatic carbocycles. The highest BCUT2D eigenvalue weighted by atomic mass is 35.5. The molecule has 0 heterocycles. The van der Waals surface area contributed by atoms with Crippen molar-refractivity contribution in [2.45, 2.75) is 20.5 Å². The first kappa shape index (κ1) is 21.6. The molecule has 7 heteroatoms. The molecule has 0 fully saturated rings. The van der Waals surface area contributed by atoms with Crippen LogP contribution in [0, 0.1) is 5.92 Å². The van der Waals surface area contributed by atoms with Gasteiger partial charge in [-0.15, -0.1) is 0 Å². The number of methoxy groups -OCH3 is 1. The maximum atomic E-state index is 12.2. The topological polar surface area (TPSA) is 73.9 Å². The number of hydrogen-bond acceptors (Lipinski definition) is 5. The molecule has 2 aromatic carbocycles. The molecule has 6 nitrogen and oxygen atoms in total. The lowest BCUT2D eigenvalue weighted by Gasteiger charge is -2.12. The van der Waals surface area contributed by atoms with Crippen molar-refractivity contribution in [1.82, 2.24) is 5.32 Å². The smallest absolute Gasteiger partial charge is 0.338 e. The Hall–Kier alpha value is -2.73. The predicted molar refractivity (Wildman–Crippen MR) is 107 cm³/mol. The fourth-order valence-corrected chi connectivity index (χ4v) is 2.36. The first-order valence-electron chi connectivity index (χ1n) is 8.88. The van der Waals surface area contributed by atoms with Gasteiger partial charge in [-0.2, -0.15) is 0 Å². The van der Waals surface area contributed by atoms with Gasteiger partial charge in [-0.3, -0.25) is 4.79 Å². The number of halogens is 1. The number of carbonyl (C=O) groups excluding carboxylic acids is 2. The van der Waals surface area contributed by atoms with Gasteiger partial charge in [0.15, 0.2) is 18.1 Å². The van der Waals surface area contributed by atoms with Crippen LogP contribution in [0.4, 0.5) is 0 Å². The van der Waals surface area contributed by atoms with E-state index < -0.39 is 5.97 Å². The van der Waals surface area contributed by atoms with Gasteiger partial charge < -0.3 is 19.5 Å². The maximum Gasteiger partial charge on any atom is 0.338 e. The molecule has 0 saturated carbocycles. The highest BCUT2D eigenvalue weighted by molar-refractivity contribution is 6.30. The summed E-state index contributed by atoms with van der Waals surface area (Å²) >= 11 is 5.87. The van der Waals surface area contributed by atoms with Crippen molar-refractivity contribution in [3.05, 3.63) is 58.6 Å². The summed E-state index contributed by atoms with van der Waals surface area (Å²) in [6.07, 6.45) is 0. The van der Waals surface area contributed by atoms with Gasteiger partial charge in [0, 0.05) is 11.6 Å². The Labute approximate surface area is 169 Å². The quantitative estimate of drug-likeness (QED) is 0.641. The Morgan fingerprint density at radius 2 is 1.79 bits per heavy atom. The standard InChI is InChI=1S/C21H24ClNO5/c1-14(2)11-23-20(24)13-28-21(25)16-6-9-18(19(10-16)26-3)27-12-15-4-7-17(22)8-5-15/h4-10,14H,11-13H2,1-3H3,(H,23,24). The van der Waals surface area contributed by atoms with E-state index in [2.05, 4.69) is 5.32 Å². The lowest BCUT2D eigenvalue weighted by Crippen LogP contribution is -2.31. The number of benzene rings is 2. The van der Waals surface area contributed by atoms with Crippen LogP contribution < -0.4 is 14.8 Å². The van der Waals surface area contributed by atoms with Crippen LogP contribution in [0.3, 0.4) is 0 Å². The molecule has 0 aromatic heterocycles. The largest absolute Gasteiger partial charge is 0.493 e. The molecular formula is C21H24ClNO5. The fourth-order valence-electron chi connectivity index (χ4n) is 2.24. The molecule has 0 aliphatic rings. The molecule has 0 bridgehead atoms. The summed E-state index contributed by atoms with van der Waals surface area (Å²) in [5, 5.41) is 3.34. The summed E-state index contributed by atoms with van der Waals surface area (Å²) in [6, 6.07) is 12.0. The minimum atomic E-state index is -0.609. The second-order valence-electron chi connectivity index (χ2n) is 6.55. The predicted octanol–water partition coefficient (Wildman–Crippen LogP) is 3.86. The SMILES string of the molecule is COc1cc(C(=O)OCC(=O)NCC(C)C)ccc1OCc1ccc(Cl)cc1. The van der Waals surface area contributed by atoms with E-state index in [1.807, 2.05) is 26.0 Å². The average Bonchev–Trinajstić information content (AvgIpc) is 2.69. The number of carbonyl (C=O) groups is 2. The van der Waals surface area contributed by atoms with E-state index in [0.29, 0.717) is 35.6 Å². The molecule has 0 spiro atoms. The molecule has 28 heavy (non-hydrogen) atoms. The van der Waals surface area contributed by atoms with Crippen LogP contribution >= 0.6 is 11.6 Å². The Morgan fingerprint density at radius 3 is 2.43 bits per heavy atom. The Morgan fingerprint density at radius 1 is 1.07 bits per heavy atom. The van der Waals surface area contributed by atoms with Gasteiger partial charge in [0.25, 0.3) is 5.91 Å². The summed E-state index contributed by atoms with van der Waals surface area (Å²) in [5.41, 5.74) is 1.22. The van der Waals surface area contributed by atoms with E-state index in [-0.39, 0.29) is 18.1 Å². The number of hydrogen-bond donors (Lipinski definition) is 1. The lowest BCUT2D eigenvalue weighted by molar-refractivity contribution is -0.124. The number of ether oxygens (including phenoxy) is 3. The van der Waals surface area contributed by atoms with Crippen molar-refractivity contribution in [2.24, 2.45) is 5.92 Å². The molecule has 2 rings (SSSR count). The zero-order chi connectivity index (χ0) is 20.5. The zero-order valence-corrected chi connectivity index (χ0v) is 16.9. The van der Waals surface area contributed by atoms with Crippen molar-refractivity contribution in [1.29, 1.82) is 0 Å². The van der Waals surface area contributed by atoms with E-state index in [9.17, 15) is 9.59 Å². The van der Waals surface area contributed by atoms with E-state index >= 15 is 0 Å². The minimum absolute atomic E-state index is 0.271. The third-order valence-corrected chi connectivity index (χ3v) is 4.00. The normalized spacial score (nSPS) is 10.5. The van der Waals surface area contributed by atoms with E-state index in [4.69, 9.17) is 25.8 Å². The van der Waals surface area contributed by atoms with E-state index in [1.54, 1.807) is 24.3 Å². The van der Waals surface area contributed by atoms with Gasteiger partial charge in [0.1, 0.15) is 6.61 Å². The Kier molecular flexibility index (Phi) is 8.14. The molecule has 1 N–H and O–H groups in total. The fraction of sp³-hybridized carbons (Fsp3) is 0.333. The van der Waals surface area contributed by atoms with Crippen LogP contribution in [0.2, 0.25) is 5.02 Å². The highest BCUT2D eigenvalue weighted by Crippen LogP contribution is 2.29. The second-order valence-corrected chi connectivity index (χ2v) is 6.99. The molecule has 1 amide bonds. The molecule has 150 valence electrons.